The highest BCUT2D eigenvalue weighted by Crippen LogP contribution is 2.38. The van der Waals surface area contributed by atoms with Crippen LogP contribution in [-0.4, -0.2) is 31.1 Å². The first-order chi connectivity index (χ1) is 15.3. The number of carbonyl (C=O) groups is 3. The first-order valence-electron chi connectivity index (χ1n) is 10.3. The Kier molecular flexibility index (Phi) is 7.20. The van der Waals surface area contributed by atoms with Crippen LogP contribution in [0.3, 0.4) is 0 Å². The van der Waals surface area contributed by atoms with Gasteiger partial charge in [-0.05, 0) is 68.2 Å². The van der Waals surface area contributed by atoms with Crippen molar-refractivity contribution >= 4 is 41.2 Å². The van der Waals surface area contributed by atoms with E-state index in [1.165, 1.54) is 6.08 Å². The molecular weight excluding hydrogens is 432 g/mol. The number of nitrogens with zero attached hydrogens (tertiary/aromatic N) is 1. The first-order valence-corrected chi connectivity index (χ1v) is 10.7. The summed E-state index contributed by atoms with van der Waals surface area (Å²) < 4.78 is 11.3. The lowest BCUT2D eigenvalue weighted by Crippen LogP contribution is -2.54. The van der Waals surface area contributed by atoms with Crippen molar-refractivity contribution in [3.8, 4) is 11.5 Å². The van der Waals surface area contributed by atoms with Gasteiger partial charge in [0.2, 0.25) is 0 Å². The Morgan fingerprint density at radius 1 is 1.09 bits per heavy atom. The number of imide groups is 2. The van der Waals surface area contributed by atoms with Crippen molar-refractivity contribution < 1.29 is 23.9 Å². The monoisotopic (exact) mass is 456 g/mol. The molecule has 0 atom stereocenters. The van der Waals surface area contributed by atoms with Gasteiger partial charge in [-0.3, -0.25) is 14.9 Å². The van der Waals surface area contributed by atoms with E-state index in [1.807, 2.05) is 33.8 Å². The Morgan fingerprint density at radius 2 is 1.84 bits per heavy atom. The topological polar surface area (TPSA) is 84.9 Å². The van der Waals surface area contributed by atoms with Gasteiger partial charge in [0, 0.05) is 0 Å². The summed E-state index contributed by atoms with van der Waals surface area (Å²) in [7, 11) is 0. The standard InChI is InChI=1S/C24H25ClN2O5/c1-5-10-32-21-18(25)12-16(13-20(21)31-6-2)11-17-22(28)26-24(30)27(23(17)29)19-9-7-8-14(3)15(19)4/h7-9,11-13H,5-6,10H2,1-4H3,(H,26,28,30)/b17-11+. The van der Waals surface area contributed by atoms with E-state index in [9.17, 15) is 14.4 Å². The Balaban J connectivity index is 2.05. The third-order valence-corrected chi connectivity index (χ3v) is 5.29. The number of hydrogen-bond donors (Lipinski definition) is 1. The second kappa shape index (κ2) is 9.87. The van der Waals surface area contributed by atoms with Crippen molar-refractivity contribution in [3.63, 3.8) is 0 Å². The summed E-state index contributed by atoms with van der Waals surface area (Å²) in [4.78, 5) is 39.2. The number of rotatable bonds is 7. The van der Waals surface area contributed by atoms with Gasteiger partial charge in [0.25, 0.3) is 11.8 Å². The number of barbiturate groups is 1. The smallest absolute Gasteiger partial charge is 0.335 e. The van der Waals surface area contributed by atoms with E-state index >= 15 is 0 Å². The fourth-order valence-electron chi connectivity index (χ4n) is 3.30. The Morgan fingerprint density at radius 3 is 2.53 bits per heavy atom. The van der Waals surface area contributed by atoms with Gasteiger partial charge in [0.05, 0.1) is 23.9 Å². The van der Waals surface area contributed by atoms with Gasteiger partial charge in [-0.15, -0.1) is 0 Å². The Hall–Kier alpha value is -3.32. The lowest BCUT2D eigenvalue weighted by molar-refractivity contribution is -0.122. The zero-order chi connectivity index (χ0) is 23.4. The molecule has 32 heavy (non-hydrogen) atoms. The van der Waals surface area contributed by atoms with Crippen molar-refractivity contribution in [1.82, 2.24) is 5.32 Å². The van der Waals surface area contributed by atoms with Crippen LogP contribution in [0.15, 0.2) is 35.9 Å². The summed E-state index contributed by atoms with van der Waals surface area (Å²) in [6.45, 7) is 8.35. The number of amides is 4. The van der Waals surface area contributed by atoms with Gasteiger partial charge in [0.1, 0.15) is 5.57 Å². The normalized spacial score (nSPS) is 15.2. The molecule has 3 rings (SSSR count). The van der Waals surface area contributed by atoms with Crippen LogP contribution < -0.4 is 19.7 Å². The molecule has 1 fully saturated rings. The van der Waals surface area contributed by atoms with Crippen molar-refractivity contribution in [2.45, 2.75) is 34.1 Å². The average molecular weight is 457 g/mol. The van der Waals surface area contributed by atoms with Gasteiger partial charge in [-0.25, -0.2) is 9.69 Å². The van der Waals surface area contributed by atoms with Gasteiger partial charge < -0.3 is 9.47 Å². The Labute approximate surface area is 191 Å². The summed E-state index contributed by atoms with van der Waals surface area (Å²) in [5.74, 6) is -0.676. The van der Waals surface area contributed by atoms with E-state index < -0.39 is 17.8 Å². The number of hydrogen-bond acceptors (Lipinski definition) is 5. The molecule has 1 aliphatic heterocycles. The SMILES string of the molecule is CCCOc1c(Cl)cc(/C=C2\C(=O)NC(=O)N(c3cccc(C)c3C)C2=O)cc1OCC. The number of urea groups is 1. The molecule has 2 aromatic carbocycles. The maximum Gasteiger partial charge on any atom is 0.335 e. The number of carbonyl (C=O) groups excluding carboxylic acids is 3. The van der Waals surface area contributed by atoms with Crippen molar-refractivity contribution in [3.05, 3.63) is 57.6 Å². The van der Waals surface area contributed by atoms with Crippen molar-refractivity contribution in [2.24, 2.45) is 0 Å². The van der Waals surface area contributed by atoms with E-state index in [2.05, 4.69) is 5.32 Å². The summed E-state index contributed by atoms with van der Waals surface area (Å²) in [5.41, 5.74) is 2.38. The molecule has 168 valence electrons. The van der Waals surface area contributed by atoms with E-state index in [0.29, 0.717) is 41.0 Å². The molecule has 1 aliphatic rings. The van der Waals surface area contributed by atoms with Crippen LogP contribution in [-0.2, 0) is 9.59 Å². The second-order valence-electron chi connectivity index (χ2n) is 7.29. The number of anilines is 1. The lowest BCUT2D eigenvalue weighted by atomic mass is 10.0. The number of aryl methyl sites for hydroxylation is 1. The molecule has 4 amide bonds. The van der Waals surface area contributed by atoms with Crippen LogP contribution in [0, 0.1) is 13.8 Å². The molecule has 0 bridgehead atoms. The molecule has 0 aliphatic carbocycles. The van der Waals surface area contributed by atoms with Crippen LogP contribution in [0.5, 0.6) is 11.5 Å². The number of halogens is 1. The molecule has 8 heteroatoms. The first kappa shape index (κ1) is 23.3. The quantitative estimate of drug-likeness (QED) is 0.477. The number of nitrogens with one attached hydrogen (secondary N) is 1. The van der Waals surface area contributed by atoms with Crippen LogP contribution in [0.1, 0.15) is 37.0 Å². The predicted molar refractivity (Wildman–Crippen MR) is 123 cm³/mol. The second-order valence-corrected chi connectivity index (χ2v) is 7.70. The third-order valence-electron chi connectivity index (χ3n) is 5.01. The highest BCUT2D eigenvalue weighted by Gasteiger charge is 2.37. The summed E-state index contributed by atoms with van der Waals surface area (Å²) >= 11 is 6.40. The van der Waals surface area contributed by atoms with E-state index in [0.717, 1.165) is 22.4 Å². The minimum absolute atomic E-state index is 0.189. The minimum Gasteiger partial charge on any atom is -0.490 e. The van der Waals surface area contributed by atoms with E-state index in [4.69, 9.17) is 21.1 Å². The molecule has 1 heterocycles. The van der Waals surface area contributed by atoms with Gasteiger partial charge in [0.15, 0.2) is 11.5 Å². The van der Waals surface area contributed by atoms with Crippen LogP contribution in [0.4, 0.5) is 10.5 Å². The van der Waals surface area contributed by atoms with Crippen LogP contribution in [0.2, 0.25) is 5.02 Å². The highest BCUT2D eigenvalue weighted by atomic mass is 35.5. The molecule has 0 radical (unpaired) electrons. The molecular formula is C24H25ClN2O5. The van der Waals surface area contributed by atoms with Crippen molar-refractivity contribution in [2.75, 3.05) is 18.1 Å². The summed E-state index contributed by atoms with van der Waals surface area (Å²) in [5, 5.41) is 2.53. The summed E-state index contributed by atoms with van der Waals surface area (Å²) in [6, 6.07) is 7.74. The zero-order valence-electron chi connectivity index (χ0n) is 18.5. The predicted octanol–water partition coefficient (Wildman–Crippen LogP) is 4.81. The zero-order valence-corrected chi connectivity index (χ0v) is 19.2. The summed E-state index contributed by atoms with van der Waals surface area (Å²) in [6.07, 6.45) is 2.19. The molecule has 2 aromatic rings. The minimum atomic E-state index is -0.790. The van der Waals surface area contributed by atoms with Gasteiger partial charge >= 0.3 is 6.03 Å². The molecule has 0 spiro atoms. The van der Waals surface area contributed by atoms with Crippen LogP contribution in [0.25, 0.3) is 6.08 Å². The molecule has 1 saturated heterocycles. The average Bonchev–Trinajstić information content (AvgIpc) is 2.73. The largest absolute Gasteiger partial charge is 0.490 e. The van der Waals surface area contributed by atoms with Crippen LogP contribution >= 0.6 is 11.6 Å². The molecule has 1 N–H and O–H groups in total. The maximum atomic E-state index is 13.2. The van der Waals surface area contributed by atoms with Gasteiger partial charge in [-0.1, -0.05) is 30.7 Å². The lowest BCUT2D eigenvalue weighted by Gasteiger charge is -2.28. The molecule has 0 saturated carbocycles. The molecule has 0 unspecified atom stereocenters. The Bertz CT molecular complexity index is 1110. The third kappa shape index (κ3) is 4.62. The highest BCUT2D eigenvalue weighted by molar-refractivity contribution is 6.39. The number of ether oxygens (including phenoxy) is 2. The van der Waals surface area contributed by atoms with Crippen molar-refractivity contribution in [1.29, 1.82) is 0 Å². The molecule has 0 aromatic heterocycles. The van der Waals surface area contributed by atoms with Gasteiger partial charge in [-0.2, -0.15) is 0 Å². The fraction of sp³-hybridized carbons (Fsp3) is 0.292. The van der Waals surface area contributed by atoms with E-state index in [1.54, 1.807) is 24.3 Å². The fourth-order valence-corrected chi connectivity index (χ4v) is 3.57. The molecule has 7 nitrogen and oxygen atoms in total. The van der Waals surface area contributed by atoms with E-state index in [-0.39, 0.29) is 5.57 Å². The number of benzene rings is 2. The maximum absolute atomic E-state index is 13.2.